The van der Waals surface area contributed by atoms with Crippen LogP contribution in [-0.4, -0.2) is 37.2 Å². The molecule has 8 nitrogen and oxygen atoms in total. The fourth-order valence-electron chi connectivity index (χ4n) is 4.33. The summed E-state index contributed by atoms with van der Waals surface area (Å²) in [5.41, 5.74) is 3.26. The van der Waals surface area contributed by atoms with Crippen LogP contribution in [-0.2, 0) is 9.59 Å². The van der Waals surface area contributed by atoms with Crippen molar-refractivity contribution in [3.8, 4) is 11.5 Å². The Morgan fingerprint density at radius 1 is 0.818 bits per heavy atom. The molecule has 0 aliphatic rings. The van der Waals surface area contributed by atoms with Gasteiger partial charge in [-0.3, -0.25) is 14.4 Å². The molecule has 4 rings (SSSR count). The highest BCUT2D eigenvalue weighted by Gasteiger charge is 2.20. The number of methoxy groups -OCH3 is 2. The highest BCUT2D eigenvalue weighted by atomic mass is 32.2. The van der Waals surface area contributed by atoms with E-state index in [1.165, 1.54) is 18.9 Å². The second-order valence-electron chi connectivity index (χ2n) is 9.84. The molecule has 9 heteroatoms. The van der Waals surface area contributed by atoms with Crippen molar-refractivity contribution in [2.45, 2.75) is 30.4 Å². The lowest BCUT2D eigenvalue weighted by Gasteiger charge is -2.16. The number of nitrogens with one attached hydrogen (secondary N) is 3. The molecule has 0 saturated heterocycles. The van der Waals surface area contributed by atoms with Gasteiger partial charge in [0.2, 0.25) is 5.91 Å². The third-order valence-corrected chi connectivity index (χ3v) is 7.94. The van der Waals surface area contributed by atoms with Crippen LogP contribution >= 0.6 is 11.8 Å². The van der Waals surface area contributed by atoms with Crippen LogP contribution in [0.4, 0.5) is 11.4 Å². The van der Waals surface area contributed by atoms with Crippen LogP contribution in [0.2, 0.25) is 0 Å². The van der Waals surface area contributed by atoms with Crippen LogP contribution in [0.3, 0.4) is 0 Å². The molecule has 0 bridgehead atoms. The lowest BCUT2D eigenvalue weighted by Crippen LogP contribution is -2.30. The number of carbonyl (C=O) groups excluding carboxylic acids is 3. The molecule has 44 heavy (non-hydrogen) atoms. The molecule has 0 aliphatic carbocycles. The molecular weight excluding hydrogens is 574 g/mol. The maximum atomic E-state index is 13.6. The van der Waals surface area contributed by atoms with E-state index in [9.17, 15) is 14.4 Å². The Bertz CT molecular complexity index is 1660. The molecule has 1 unspecified atom stereocenters. The highest BCUT2D eigenvalue weighted by molar-refractivity contribution is 8.00. The number of hydrogen-bond donors (Lipinski definition) is 3. The number of rotatable bonds is 12. The Morgan fingerprint density at radius 2 is 1.55 bits per heavy atom. The fourth-order valence-corrected chi connectivity index (χ4v) is 5.34. The van der Waals surface area contributed by atoms with Crippen molar-refractivity contribution in [1.82, 2.24) is 5.32 Å². The van der Waals surface area contributed by atoms with Crippen molar-refractivity contribution in [2.24, 2.45) is 0 Å². The third kappa shape index (κ3) is 8.75. The minimum Gasteiger partial charge on any atom is -0.497 e. The van der Waals surface area contributed by atoms with Gasteiger partial charge >= 0.3 is 0 Å². The van der Waals surface area contributed by atoms with E-state index in [0.717, 1.165) is 16.1 Å². The quantitative estimate of drug-likeness (QED) is 0.119. The summed E-state index contributed by atoms with van der Waals surface area (Å²) >= 11 is 1.41. The monoisotopic (exact) mass is 609 g/mol. The van der Waals surface area contributed by atoms with Gasteiger partial charge in [0.1, 0.15) is 17.2 Å². The van der Waals surface area contributed by atoms with E-state index >= 15 is 0 Å². The highest BCUT2D eigenvalue weighted by Crippen LogP contribution is 2.30. The van der Waals surface area contributed by atoms with E-state index in [-0.39, 0.29) is 16.9 Å². The van der Waals surface area contributed by atoms with Crippen LogP contribution in [0.15, 0.2) is 108 Å². The zero-order valence-electron chi connectivity index (χ0n) is 25.0. The average Bonchev–Trinajstić information content (AvgIpc) is 3.03. The first-order valence-corrected chi connectivity index (χ1v) is 14.9. The number of hydrogen-bond acceptors (Lipinski definition) is 6. The van der Waals surface area contributed by atoms with Gasteiger partial charge in [-0.2, -0.15) is 0 Å². The summed E-state index contributed by atoms with van der Waals surface area (Å²) < 4.78 is 10.8. The zero-order chi connectivity index (χ0) is 31.5. The van der Waals surface area contributed by atoms with Crippen molar-refractivity contribution >= 4 is 46.9 Å². The maximum Gasteiger partial charge on any atom is 0.272 e. The Hall–Kier alpha value is -5.02. The first kappa shape index (κ1) is 31.9. The second-order valence-corrected chi connectivity index (χ2v) is 11.1. The van der Waals surface area contributed by atoms with Gasteiger partial charge in [-0.1, -0.05) is 43.3 Å². The van der Waals surface area contributed by atoms with Crippen LogP contribution < -0.4 is 25.4 Å². The van der Waals surface area contributed by atoms with E-state index in [1.807, 2.05) is 50.2 Å². The molecule has 0 aromatic heterocycles. The van der Waals surface area contributed by atoms with Crippen LogP contribution in [0.5, 0.6) is 11.5 Å². The molecule has 0 heterocycles. The summed E-state index contributed by atoms with van der Waals surface area (Å²) in [4.78, 5) is 40.5. The summed E-state index contributed by atoms with van der Waals surface area (Å²) in [6.45, 7) is 3.93. The van der Waals surface area contributed by atoms with Crippen LogP contribution in [0, 0.1) is 6.92 Å². The Kier molecular flexibility index (Phi) is 11.2. The van der Waals surface area contributed by atoms with Gasteiger partial charge in [-0.05, 0) is 85.6 Å². The second kappa shape index (κ2) is 15.5. The Labute approximate surface area is 261 Å². The normalized spacial score (nSPS) is 11.7. The minimum absolute atomic E-state index is 0.00688. The molecule has 0 fully saturated rings. The van der Waals surface area contributed by atoms with Crippen LogP contribution in [0.1, 0.15) is 34.8 Å². The Morgan fingerprint density at radius 3 is 2.23 bits per heavy atom. The predicted octanol–water partition coefficient (Wildman–Crippen LogP) is 6.93. The number of ether oxygens (including phenoxy) is 2. The van der Waals surface area contributed by atoms with E-state index < -0.39 is 11.8 Å². The van der Waals surface area contributed by atoms with Gasteiger partial charge in [0, 0.05) is 27.4 Å². The van der Waals surface area contributed by atoms with Gasteiger partial charge < -0.3 is 25.4 Å². The number of aryl methyl sites for hydroxylation is 1. The number of anilines is 2. The number of amides is 3. The van der Waals surface area contributed by atoms with E-state index in [4.69, 9.17) is 9.47 Å². The molecule has 3 N–H and O–H groups in total. The van der Waals surface area contributed by atoms with Gasteiger partial charge in [0.15, 0.2) is 0 Å². The molecule has 0 aliphatic heterocycles. The molecule has 1 atom stereocenters. The van der Waals surface area contributed by atoms with E-state index in [2.05, 4.69) is 16.0 Å². The predicted molar refractivity (Wildman–Crippen MR) is 176 cm³/mol. The SMILES string of the molecule is CCC(Sc1cccc(NC(=O)/C(=C\c2cc(OC)ccc2OC)NC(=O)c2ccccc2)c1)C(=O)Nc1cccc(C)c1. The largest absolute Gasteiger partial charge is 0.497 e. The van der Waals surface area contributed by atoms with Crippen molar-refractivity contribution in [3.05, 3.63) is 119 Å². The molecule has 3 amide bonds. The summed E-state index contributed by atoms with van der Waals surface area (Å²) in [6, 6.07) is 28.7. The Balaban J connectivity index is 1.56. The topological polar surface area (TPSA) is 106 Å². The van der Waals surface area contributed by atoms with Crippen molar-refractivity contribution in [3.63, 3.8) is 0 Å². The zero-order valence-corrected chi connectivity index (χ0v) is 25.9. The number of benzene rings is 4. The molecule has 4 aromatic rings. The fraction of sp³-hybridized carbons (Fsp3) is 0.171. The standard InChI is InChI=1S/C35H35N3O5S/c1-5-32(35(41)37-26-14-9-11-23(2)19-26)44-29-16-10-15-27(22-29)36-34(40)30(38-33(39)24-12-7-6-8-13-24)21-25-20-28(42-3)17-18-31(25)43-4/h6-22,32H,5H2,1-4H3,(H,36,40)(H,37,41)(H,38,39)/b30-21+. The van der Waals surface area contributed by atoms with Gasteiger partial charge in [0.25, 0.3) is 11.8 Å². The molecule has 0 radical (unpaired) electrons. The lowest BCUT2D eigenvalue weighted by atomic mass is 10.1. The summed E-state index contributed by atoms with van der Waals surface area (Å²) in [5.74, 6) is -0.0152. The van der Waals surface area contributed by atoms with E-state index in [0.29, 0.717) is 34.7 Å². The number of thioether (sulfide) groups is 1. The van der Waals surface area contributed by atoms with Crippen molar-refractivity contribution in [1.29, 1.82) is 0 Å². The van der Waals surface area contributed by atoms with Crippen molar-refractivity contribution in [2.75, 3.05) is 24.9 Å². The molecule has 226 valence electrons. The smallest absolute Gasteiger partial charge is 0.272 e. The summed E-state index contributed by atoms with van der Waals surface area (Å²) in [5, 5.41) is 8.28. The summed E-state index contributed by atoms with van der Waals surface area (Å²) in [6.07, 6.45) is 2.15. The summed E-state index contributed by atoms with van der Waals surface area (Å²) in [7, 11) is 3.07. The maximum absolute atomic E-state index is 13.6. The molecular formula is C35H35N3O5S. The average molecular weight is 610 g/mol. The van der Waals surface area contributed by atoms with Gasteiger partial charge in [0.05, 0.1) is 19.5 Å². The molecule has 0 saturated carbocycles. The first-order valence-electron chi connectivity index (χ1n) is 14.0. The van der Waals surface area contributed by atoms with E-state index in [1.54, 1.807) is 73.8 Å². The van der Waals surface area contributed by atoms with Crippen LogP contribution in [0.25, 0.3) is 6.08 Å². The van der Waals surface area contributed by atoms with Crippen molar-refractivity contribution < 1.29 is 23.9 Å². The third-order valence-electron chi connectivity index (χ3n) is 6.58. The molecule has 0 spiro atoms. The number of carbonyl (C=O) groups is 3. The minimum atomic E-state index is -0.537. The first-order chi connectivity index (χ1) is 21.3. The lowest BCUT2D eigenvalue weighted by molar-refractivity contribution is -0.116. The molecule has 4 aromatic carbocycles. The van der Waals surface area contributed by atoms with Gasteiger partial charge in [-0.15, -0.1) is 11.8 Å². The van der Waals surface area contributed by atoms with Gasteiger partial charge in [-0.25, -0.2) is 0 Å².